The third-order valence-electron chi connectivity index (χ3n) is 13.4. The smallest absolute Gasteiger partial charge is 1.00 e. The Hall–Kier alpha value is -2.07. The first kappa shape index (κ1) is 58.2. The zero-order valence-electron chi connectivity index (χ0n) is 43.8. The largest absolute Gasteiger partial charge is 1.00 e. The second-order valence-electron chi connectivity index (χ2n) is 23.0. The first-order chi connectivity index (χ1) is 29.6. The summed E-state index contributed by atoms with van der Waals surface area (Å²) in [4.78, 5) is 0. The molecule has 6 aliphatic carbocycles. The predicted molar refractivity (Wildman–Crippen MR) is 275 cm³/mol. The average molecular weight is 1080 g/mol. The fraction of sp³-hybridized carbons (Fsp3) is 0.452. The molecule has 0 radical (unpaired) electrons. The van der Waals surface area contributed by atoms with Crippen molar-refractivity contribution in [2.45, 2.75) is 161 Å². The molecule has 0 aliphatic heterocycles. The quantitative estimate of drug-likeness (QED) is 0.282. The molecule has 0 aromatic heterocycles. The number of rotatable bonds is 4. The maximum atomic E-state index is 4.02. The van der Waals surface area contributed by atoms with E-state index >= 15 is 0 Å². The Labute approximate surface area is 444 Å². The summed E-state index contributed by atoms with van der Waals surface area (Å²) in [7, 11) is 0. The molecule has 4 heteroatoms. The number of halogens is 2. The summed E-state index contributed by atoms with van der Waals surface area (Å²) in [6.45, 7) is 40.9. The number of allylic oxidation sites excluding steroid dienone is 16. The van der Waals surface area contributed by atoms with Gasteiger partial charge < -0.3 is 24.8 Å². The van der Waals surface area contributed by atoms with Gasteiger partial charge in [-0.15, -0.1) is 23.3 Å². The van der Waals surface area contributed by atoms with E-state index in [1.54, 1.807) is 48.5 Å². The fourth-order valence-electron chi connectivity index (χ4n) is 9.76. The Kier molecular flexibility index (Phi) is 19.7. The molecule has 2 unspecified atom stereocenters. The van der Waals surface area contributed by atoms with Gasteiger partial charge in [0.05, 0.1) is 0 Å². The molecule has 352 valence electrons. The Morgan fingerprint density at radius 3 is 1.12 bits per heavy atom. The van der Waals surface area contributed by atoms with Crippen molar-refractivity contribution in [1.82, 2.24) is 0 Å². The third-order valence-corrected chi connectivity index (χ3v) is 13.4. The van der Waals surface area contributed by atoms with Gasteiger partial charge >= 0.3 is 82.6 Å². The van der Waals surface area contributed by atoms with E-state index in [2.05, 4.69) is 234 Å². The van der Waals surface area contributed by atoms with Gasteiger partial charge in [-0.3, -0.25) is 0 Å². The molecule has 0 amide bonds. The van der Waals surface area contributed by atoms with Gasteiger partial charge in [-0.2, -0.15) is 35.5 Å². The van der Waals surface area contributed by atoms with Crippen LogP contribution in [0, 0.1) is 33.8 Å². The van der Waals surface area contributed by atoms with Crippen LogP contribution in [0.25, 0.3) is 23.3 Å². The van der Waals surface area contributed by atoms with Gasteiger partial charge in [0, 0.05) is 0 Å². The first-order valence-corrected chi connectivity index (χ1v) is 26.3. The molecule has 6 aliphatic rings. The van der Waals surface area contributed by atoms with Crippen molar-refractivity contribution >= 4 is 29.7 Å². The van der Waals surface area contributed by atoms with Gasteiger partial charge in [0.1, 0.15) is 0 Å². The van der Waals surface area contributed by atoms with Gasteiger partial charge in [-0.25, -0.2) is 0 Å². The van der Waals surface area contributed by atoms with Gasteiger partial charge in [0.15, 0.2) is 0 Å². The molecule has 0 nitrogen and oxygen atoms in total. The van der Waals surface area contributed by atoms with E-state index < -0.39 is 0 Å². The topological polar surface area (TPSA) is 0 Å². The number of hydrogen-bond donors (Lipinski definition) is 0. The molecule has 66 heavy (non-hydrogen) atoms. The molecule has 2 atom stereocenters. The molecule has 0 heterocycles. The minimum absolute atomic E-state index is 0. The zero-order chi connectivity index (χ0) is 47.8. The maximum Gasteiger partial charge on any atom is -1.00 e. The van der Waals surface area contributed by atoms with Crippen LogP contribution in [0.4, 0.5) is 0 Å². The van der Waals surface area contributed by atoms with Crippen molar-refractivity contribution in [2.24, 2.45) is 21.7 Å². The normalized spacial score (nSPS) is 20.8. The van der Waals surface area contributed by atoms with Gasteiger partial charge in [0.25, 0.3) is 0 Å². The van der Waals surface area contributed by atoms with E-state index in [-0.39, 0.29) is 57.3 Å². The Balaban J connectivity index is 0.000000294. The summed E-state index contributed by atoms with van der Waals surface area (Å²) in [5.74, 6) is 0. The van der Waals surface area contributed by atoms with E-state index in [9.17, 15) is 0 Å². The molecule has 0 fully saturated rings. The summed E-state index contributed by atoms with van der Waals surface area (Å²) >= 11 is 3.11. The van der Waals surface area contributed by atoms with E-state index in [0.29, 0.717) is 0 Å². The molecule has 0 spiro atoms. The van der Waals surface area contributed by atoms with Crippen LogP contribution in [0.3, 0.4) is 0 Å². The number of fused-ring (bicyclic) bond motifs is 4. The SMILES string of the molecule is CCC1=C(C2(C(C)(C)C)[C-]=C3C=c4cc(C(C)(C)C)ccc4=C3C=C2)CC=C1.CCC1=C(C2(C(C)(C)C)[C-]=C3C=c4cc(C(C)(C)C)ccc4=C3C=C2)CC=C1.C[C](C)=[Zr].C[C](C)=[Zr].[Cl-].[Cl-]. The van der Waals surface area contributed by atoms with Gasteiger partial charge in [0.2, 0.25) is 0 Å². The van der Waals surface area contributed by atoms with Gasteiger partial charge in [-0.1, -0.05) is 202 Å². The predicted octanol–water partition coefficient (Wildman–Crippen LogP) is 7.35. The van der Waals surface area contributed by atoms with Crippen LogP contribution in [-0.4, -0.2) is 6.41 Å². The Morgan fingerprint density at radius 2 is 0.848 bits per heavy atom. The van der Waals surface area contributed by atoms with Crippen LogP contribution in [0.1, 0.15) is 161 Å². The van der Waals surface area contributed by atoms with Crippen LogP contribution < -0.4 is 45.7 Å². The van der Waals surface area contributed by atoms with Crippen molar-refractivity contribution in [3.8, 4) is 0 Å². The van der Waals surface area contributed by atoms with Crippen molar-refractivity contribution in [1.29, 1.82) is 0 Å². The molecule has 2 aromatic carbocycles. The molecule has 0 N–H and O–H groups in total. The van der Waals surface area contributed by atoms with Crippen molar-refractivity contribution < 1.29 is 73.3 Å². The van der Waals surface area contributed by atoms with E-state index in [4.69, 9.17) is 0 Å². The number of hydrogen-bond acceptors (Lipinski definition) is 0. The molecule has 8 rings (SSSR count). The van der Waals surface area contributed by atoms with Gasteiger partial charge in [-0.05, 0) is 80.4 Å². The molecular weight excluding hydrogens is 998 g/mol. The summed E-state index contributed by atoms with van der Waals surface area (Å²) in [6, 6.07) is 13.9. The standard InChI is InChI=1S/2C28H33.2C3H6.2ClH.2Zr/c2*1-8-19-10-9-11-25(19)28(27(5,6)7)15-14-24-21(18-28)16-20-17-22(26(2,3)4)12-13-23(20)24;2*1-3-2;;;;/h2*9-10,12-17H,8,11H2,1-7H3;2*1-2H3;2*1H;;/q2*-1;;;;;;/p-2. The maximum absolute atomic E-state index is 4.02. The van der Waals surface area contributed by atoms with Crippen molar-refractivity contribution in [3.63, 3.8) is 0 Å². The first-order valence-electron chi connectivity index (χ1n) is 23.8. The molecule has 2 aromatic rings. The van der Waals surface area contributed by atoms with Crippen molar-refractivity contribution in [3.05, 3.63) is 163 Å². The second kappa shape index (κ2) is 22.3. The van der Waals surface area contributed by atoms with Crippen LogP contribution in [0.2, 0.25) is 0 Å². The minimum Gasteiger partial charge on any atom is -1.00 e. The minimum atomic E-state index is -0.147. The van der Waals surface area contributed by atoms with Crippen LogP contribution >= 0.6 is 0 Å². The fourth-order valence-corrected chi connectivity index (χ4v) is 9.76. The molecular formula is C62H78Cl2Zr2-4. The van der Waals surface area contributed by atoms with Crippen LogP contribution in [0.15, 0.2) is 118 Å². The number of benzene rings is 2. The van der Waals surface area contributed by atoms with E-state index in [0.717, 1.165) is 25.7 Å². The summed E-state index contributed by atoms with van der Waals surface area (Å²) < 4.78 is 3.01. The molecule has 0 bridgehead atoms. The van der Waals surface area contributed by atoms with Crippen molar-refractivity contribution in [2.75, 3.05) is 0 Å². The van der Waals surface area contributed by atoms with Crippen LogP contribution in [-0.2, 0) is 59.3 Å². The van der Waals surface area contributed by atoms with E-state index in [1.165, 1.54) is 83.0 Å². The summed E-state index contributed by atoms with van der Waals surface area (Å²) in [5, 5.41) is 5.38. The molecule has 0 saturated carbocycles. The van der Waals surface area contributed by atoms with E-state index in [1.807, 2.05) is 0 Å². The Morgan fingerprint density at radius 1 is 0.530 bits per heavy atom. The van der Waals surface area contributed by atoms with Crippen LogP contribution in [0.5, 0.6) is 0 Å². The molecule has 0 saturated heterocycles. The average Bonchev–Trinajstić information content (AvgIpc) is 3.99. The summed E-state index contributed by atoms with van der Waals surface area (Å²) in [5.41, 5.74) is 14.2. The zero-order valence-corrected chi connectivity index (χ0v) is 50.2. The third kappa shape index (κ3) is 12.4. The summed E-state index contributed by atoms with van der Waals surface area (Å²) in [6.07, 6.45) is 35.9. The second-order valence-corrected chi connectivity index (χ2v) is 27.9. The monoisotopic (exact) mass is 1070 g/mol. The Bertz CT molecular complexity index is 2530.